The van der Waals surface area contributed by atoms with Crippen LogP contribution >= 0.6 is 0 Å². The van der Waals surface area contributed by atoms with Crippen molar-refractivity contribution >= 4 is 0 Å². The Morgan fingerprint density at radius 1 is 1.56 bits per heavy atom. The van der Waals surface area contributed by atoms with Crippen molar-refractivity contribution in [3.63, 3.8) is 0 Å². The van der Waals surface area contributed by atoms with Gasteiger partial charge in [-0.05, 0) is 24.8 Å². The highest BCUT2D eigenvalue weighted by Crippen LogP contribution is 2.34. The monoisotopic (exact) mass is 123 g/mol. The molecule has 0 bridgehead atoms. The summed E-state index contributed by atoms with van der Waals surface area (Å²) in [5, 5.41) is 0. The molecule has 0 amide bonds. The summed E-state index contributed by atoms with van der Waals surface area (Å²) in [6, 6.07) is 0. The number of rotatable bonds is 2. The predicted octanol–water partition coefficient (Wildman–Crippen LogP) is 1.61. The van der Waals surface area contributed by atoms with Crippen molar-refractivity contribution in [2.75, 3.05) is 0 Å². The first-order valence-electron chi connectivity index (χ1n) is 3.30. The summed E-state index contributed by atoms with van der Waals surface area (Å²) in [7, 11) is 0. The van der Waals surface area contributed by atoms with Crippen molar-refractivity contribution in [2.45, 2.75) is 24.8 Å². The van der Waals surface area contributed by atoms with Gasteiger partial charge in [0.25, 0.3) is 0 Å². The van der Waals surface area contributed by atoms with Gasteiger partial charge in [0.05, 0.1) is 0 Å². The molecule has 1 rings (SSSR count). The zero-order valence-corrected chi connectivity index (χ0v) is 5.69. The van der Waals surface area contributed by atoms with Crippen molar-refractivity contribution in [3.8, 4) is 0 Å². The summed E-state index contributed by atoms with van der Waals surface area (Å²) >= 11 is 0. The molecule has 0 saturated heterocycles. The van der Waals surface area contributed by atoms with Crippen LogP contribution in [0.5, 0.6) is 0 Å². The zero-order chi connectivity index (χ0) is 6.91. The van der Waals surface area contributed by atoms with E-state index in [1.807, 2.05) is 0 Å². The van der Waals surface area contributed by atoms with Gasteiger partial charge in [-0.2, -0.15) is 0 Å². The molecule has 0 atom stereocenters. The quantitative estimate of drug-likeness (QED) is 0.555. The molecule has 0 aromatic carbocycles. The van der Waals surface area contributed by atoms with Crippen LogP contribution in [-0.4, -0.2) is 5.54 Å². The van der Waals surface area contributed by atoms with E-state index in [2.05, 4.69) is 13.2 Å². The standard InChI is InChI=1S/C8H13N/c1-3-7(2)8(9)5-4-6-8/h3H,1-2,4-6,9H2. The maximum absolute atomic E-state index is 5.89. The fourth-order valence-corrected chi connectivity index (χ4v) is 1.08. The van der Waals surface area contributed by atoms with E-state index in [1.54, 1.807) is 6.08 Å². The first-order chi connectivity index (χ1) is 4.19. The molecule has 0 radical (unpaired) electrons. The first kappa shape index (κ1) is 6.56. The predicted molar refractivity (Wildman–Crippen MR) is 40.1 cm³/mol. The largest absolute Gasteiger partial charge is 0.321 e. The van der Waals surface area contributed by atoms with Crippen molar-refractivity contribution in [3.05, 3.63) is 24.8 Å². The minimum Gasteiger partial charge on any atom is -0.321 e. The summed E-state index contributed by atoms with van der Waals surface area (Å²) in [6.45, 7) is 7.45. The Bertz CT molecular complexity index is 143. The van der Waals surface area contributed by atoms with E-state index in [4.69, 9.17) is 5.73 Å². The lowest BCUT2D eigenvalue weighted by atomic mass is 9.73. The van der Waals surface area contributed by atoms with Gasteiger partial charge in [0.2, 0.25) is 0 Å². The summed E-state index contributed by atoms with van der Waals surface area (Å²) in [6.07, 6.45) is 5.16. The minimum absolute atomic E-state index is 0.0816. The van der Waals surface area contributed by atoms with Crippen LogP contribution in [-0.2, 0) is 0 Å². The van der Waals surface area contributed by atoms with Crippen molar-refractivity contribution in [2.24, 2.45) is 5.73 Å². The molecule has 1 heteroatoms. The van der Waals surface area contributed by atoms with Crippen LogP contribution < -0.4 is 5.73 Å². The summed E-state index contributed by atoms with van der Waals surface area (Å²) in [5.74, 6) is 0. The molecule has 1 saturated carbocycles. The van der Waals surface area contributed by atoms with E-state index in [0.717, 1.165) is 18.4 Å². The molecular weight excluding hydrogens is 110 g/mol. The molecule has 0 aromatic heterocycles. The lowest BCUT2D eigenvalue weighted by molar-refractivity contribution is 0.305. The van der Waals surface area contributed by atoms with E-state index in [-0.39, 0.29) is 5.54 Å². The summed E-state index contributed by atoms with van der Waals surface area (Å²) < 4.78 is 0. The Morgan fingerprint density at radius 2 is 2.11 bits per heavy atom. The Morgan fingerprint density at radius 3 is 2.22 bits per heavy atom. The normalized spacial score (nSPS) is 22.3. The van der Waals surface area contributed by atoms with Crippen LogP contribution in [0.15, 0.2) is 24.8 Å². The van der Waals surface area contributed by atoms with Gasteiger partial charge >= 0.3 is 0 Å². The molecule has 0 aromatic rings. The van der Waals surface area contributed by atoms with Gasteiger partial charge in [0.15, 0.2) is 0 Å². The maximum Gasteiger partial charge on any atom is 0.0403 e. The van der Waals surface area contributed by atoms with Gasteiger partial charge in [0, 0.05) is 5.54 Å². The van der Waals surface area contributed by atoms with Crippen LogP contribution in [0.1, 0.15) is 19.3 Å². The van der Waals surface area contributed by atoms with Gasteiger partial charge in [0.1, 0.15) is 0 Å². The highest BCUT2D eigenvalue weighted by atomic mass is 14.8. The van der Waals surface area contributed by atoms with E-state index in [0.29, 0.717) is 0 Å². The average molecular weight is 123 g/mol. The fourth-order valence-electron chi connectivity index (χ4n) is 1.08. The lowest BCUT2D eigenvalue weighted by Gasteiger charge is -2.38. The van der Waals surface area contributed by atoms with Crippen LogP contribution in [0, 0.1) is 0 Å². The third kappa shape index (κ3) is 0.924. The molecule has 1 nitrogen and oxygen atoms in total. The molecule has 0 spiro atoms. The van der Waals surface area contributed by atoms with Gasteiger partial charge < -0.3 is 5.73 Å². The average Bonchev–Trinajstić information content (AvgIpc) is 1.81. The number of nitrogens with two attached hydrogens (primary N) is 1. The third-order valence-electron chi connectivity index (χ3n) is 2.13. The molecule has 1 aliphatic rings. The topological polar surface area (TPSA) is 26.0 Å². The van der Waals surface area contributed by atoms with E-state index in [1.165, 1.54) is 6.42 Å². The molecule has 0 unspecified atom stereocenters. The second-order valence-electron chi connectivity index (χ2n) is 2.74. The molecule has 0 heterocycles. The molecule has 50 valence electrons. The molecule has 9 heavy (non-hydrogen) atoms. The van der Waals surface area contributed by atoms with Gasteiger partial charge in [-0.25, -0.2) is 0 Å². The van der Waals surface area contributed by atoms with Crippen molar-refractivity contribution < 1.29 is 0 Å². The Kier molecular flexibility index (Phi) is 1.45. The first-order valence-corrected chi connectivity index (χ1v) is 3.30. The molecular formula is C8H13N. The second-order valence-corrected chi connectivity index (χ2v) is 2.74. The van der Waals surface area contributed by atoms with Gasteiger partial charge in [-0.1, -0.05) is 19.2 Å². The van der Waals surface area contributed by atoms with Crippen molar-refractivity contribution in [1.82, 2.24) is 0 Å². The van der Waals surface area contributed by atoms with Crippen LogP contribution in [0.25, 0.3) is 0 Å². The summed E-state index contributed by atoms with van der Waals surface area (Å²) in [5.41, 5.74) is 6.80. The van der Waals surface area contributed by atoms with E-state index >= 15 is 0 Å². The van der Waals surface area contributed by atoms with E-state index < -0.39 is 0 Å². The van der Waals surface area contributed by atoms with Gasteiger partial charge in [-0.15, -0.1) is 0 Å². The Balaban J connectivity index is 2.58. The summed E-state index contributed by atoms with van der Waals surface area (Å²) in [4.78, 5) is 0. The fraction of sp³-hybridized carbons (Fsp3) is 0.500. The third-order valence-corrected chi connectivity index (χ3v) is 2.13. The maximum atomic E-state index is 5.89. The van der Waals surface area contributed by atoms with Crippen molar-refractivity contribution in [1.29, 1.82) is 0 Å². The van der Waals surface area contributed by atoms with Gasteiger partial charge in [-0.3, -0.25) is 0 Å². The molecule has 0 aliphatic heterocycles. The minimum atomic E-state index is -0.0816. The highest BCUT2D eigenvalue weighted by molar-refractivity contribution is 5.28. The lowest BCUT2D eigenvalue weighted by Crippen LogP contribution is -2.47. The second kappa shape index (κ2) is 1.99. The molecule has 1 fully saturated rings. The smallest absolute Gasteiger partial charge is 0.0403 e. The number of hydrogen-bond donors (Lipinski definition) is 1. The van der Waals surface area contributed by atoms with Crippen LogP contribution in [0.4, 0.5) is 0 Å². The van der Waals surface area contributed by atoms with Crippen LogP contribution in [0.2, 0.25) is 0 Å². The van der Waals surface area contributed by atoms with Crippen LogP contribution in [0.3, 0.4) is 0 Å². The van der Waals surface area contributed by atoms with E-state index in [9.17, 15) is 0 Å². The highest BCUT2D eigenvalue weighted by Gasteiger charge is 2.33. The Hall–Kier alpha value is -0.560. The SMILES string of the molecule is C=CC(=C)C1(N)CCC1. The molecule has 2 N–H and O–H groups in total. The Labute approximate surface area is 56.2 Å². The zero-order valence-electron chi connectivity index (χ0n) is 5.69. The number of hydrogen-bond acceptors (Lipinski definition) is 1. The molecule has 1 aliphatic carbocycles.